The van der Waals surface area contributed by atoms with Crippen molar-refractivity contribution in [3.63, 3.8) is 0 Å². The van der Waals surface area contributed by atoms with Crippen LogP contribution in [-0.2, 0) is 9.84 Å². The summed E-state index contributed by atoms with van der Waals surface area (Å²) in [5, 5.41) is 1.09. The molecule has 1 aliphatic heterocycles. The summed E-state index contributed by atoms with van der Waals surface area (Å²) in [6.07, 6.45) is 0. The van der Waals surface area contributed by atoms with E-state index in [1.54, 1.807) is 31.4 Å². The van der Waals surface area contributed by atoms with Crippen LogP contribution in [0.4, 0.5) is 0 Å². The first-order chi connectivity index (χ1) is 8.09. The third-order valence-corrected chi connectivity index (χ3v) is 3.11. The Labute approximate surface area is 99.3 Å². The fourth-order valence-corrected chi connectivity index (χ4v) is 2.14. The molecule has 0 unspecified atom stereocenters. The molecule has 1 aliphatic rings. The first-order valence-corrected chi connectivity index (χ1v) is 6.46. The number of hydrogen-bond acceptors (Lipinski definition) is 5. The SMILES string of the molecule is COc1ccc(OCC2=CS(=O)(=O)C=N2)cc1. The summed E-state index contributed by atoms with van der Waals surface area (Å²) in [4.78, 5) is 3.74. The molecule has 0 aliphatic carbocycles. The van der Waals surface area contributed by atoms with E-state index in [9.17, 15) is 8.42 Å². The van der Waals surface area contributed by atoms with Crippen LogP contribution in [0.25, 0.3) is 0 Å². The highest BCUT2D eigenvalue weighted by Crippen LogP contribution is 2.18. The standard InChI is InChI=1S/C11H11NO4S/c1-15-10-2-4-11(5-3-10)16-6-9-7-17(13,14)8-12-9/h2-5,7-8H,6H2,1H3. The Bertz CT molecular complexity index is 558. The Morgan fingerprint density at radius 3 is 2.35 bits per heavy atom. The molecule has 0 N–H and O–H groups in total. The maximum Gasteiger partial charge on any atom is 0.212 e. The van der Waals surface area contributed by atoms with Gasteiger partial charge in [0.15, 0.2) is 0 Å². The van der Waals surface area contributed by atoms with E-state index in [4.69, 9.17) is 9.47 Å². The van der Waals surface area contributed by atoms with Crippen molar-refractivity contribution in [2.24, 2.45) is 4.99 Å². The van der Waals surface area contributed by atoms with E-state index in [-0.39, 0.29) is 6.61 Å². The first kappa shape index (κ1) is 11.7. The van der Waals surface area contributed by atoms with Gasteiger partial charge >= 0.3 is 0 Å². The number of nitrogens with zero attached hydrogens (tertiary/aromatic N) is 1. The summed E-state index contributed by atoms with van der Waals surface area (Å²) < 4.78 is 32.5. The molecule has 0 fully saturated rings. The van der Waals surface area contributed by atoms with Crippen LogP contribution in [0.15, 0.2) is 40.4 Å². The molecule has 5 nitrogen and oxygen atoms in total. The number of methoxy groups -OCH3 is 1. The van der Waals surface area contributed by atoms with Crippen molar-refractivity contribution in [3.8, 4) is 11.5 Å². The Balaban J connectivity index is 1.97. The lowest BCUT2D eigenvalue weighted by molar-refractivity contribution is 0.350. The molecule has 6 heteroatoms. The fourth-order valence-electron chi connectivity index (χ4n) is 1.29. The van der Waals surface area contributed by atoms with E-state index < -0.39 is 9.84 Å². The van der Waals surface area contributed by atoms with Gasteiger partial charge in [0.2, 0.25) is 9.84 Å². The molecule has 90 valence electrons. The van der Waals surface area contributed by atoms with Crippen LogP contribution in [-0.4, -0.2) is 27.7 Å². The maximum absolute atomic E-state index is 11.0. The topological polar surface area (TPSA) is 65.0 Å². The van der Waals surface area contributed by atoms with Crippen LogP contribution in [0.2, 0.25) is 0 Å². The normalized spacial score (nSPS) is 16.6. The Kier molecular flexibility index (Phi) is 3.14. The molecular formula is C11H11NO4S. The largest absolute Gasteiger partial charge is 0.497 e. The van der Waals surface area contributed by atoms with E-state index >= 15 is 0 Å². The van der Waals surface area contributed by atoms with Crippen LogP contribution in [0, 0.1) is 0 Å². The highest BCUT2D eigenvalue weighted by atomic mass is 32.2. The summed E-state index contributed by atoms with van der Waals surface area (Å²) >= 11 is 0. The summed E-state index contributed by atoms with van der Waals surface area (Å²) in [5.74, 6) is 1.37. The number of ether oxygens (including phenoxy) is 2. The minimum Gasteiger partial charge on any atom is -0.497 e. The van der Waals surface area contributed by atoms with Gasteiger partial charge in [0, 0.05) is 0 Å². The number of aliphatic imine (C=N–C) groups is 1. The molecule has 0 radical (unpaired) electrons. The summed E-state index contributed by atoms with van der Waals surface area (Å²) in [5.41, 5.74) is 1.31. The average Bonchev–Trinajstić information content (AvgIpc) is 2.67. The zero-order chi connectivity index (χ0) is 12.3. The smallest absolute Gasteiger partial charge is 0.212 e. The van der Waals surface area contributed by atoms with Gasteiger partial charge in [0.25, 0.3) is 0 Å². The van der Waals surface area contributed by atoms with E-state index in [0.717, 1.165) is 16.7 Å². The Morgan fingerprint density at radius 2 is 1.82 bits per heavy atom. The second-order valence-electron chi connectivity index (χ2n) is 3.40. The van der Waals surface area contributed by atoms with E-state index in [1.807, 2.05) is 0 Å². The Morgan fingerprint density at radius 1 is 1.18 bits per heavy atom. The highest BCUT2D eigenvalue weighted by Gasteiger charge is 2.13. The van der Waals surface area contributed by atoms with Gasteiger partial charge in [0.1, 0.15) is 23.7 Å². The third-order valence-electron chi connectivity index (χ3n) is 2.11. The fraction of sp³-hybridized carbons (Fsp3) is 0.182. The van der Waals surface area contributed by atoms with Crippen molar-refractivity contribution >= 4 is 15.4 Å². The van der Waals surface area contributed by atoms with Crippen LogP contribution < -0.4 is 9.47 Å². The number of rotatable bonds is 4. The zero-order valence-electron chi connectivity index (χ0n) is 9.16. The molecule has 0 spiro atoms. The molecule has 1 aromatic carbocycles. The quantitative estimate of drug-likeness (QED) is 0.813. The van der Waals surface area contributed by atoms with Crippen LogP contribution >= 0.6 is 0 Å². The second-order valence-corrected chi connectivity index (χ2v) is 5.02. The zero-order valence-corrected chi connectivity index (χ0v) is 9.98. The predicted molar refractivity (Wildman–Crippen MR) is 64.0 cm³/mol. The van der Waals surface area contributed by atoms with Crippen molar-refractivity contribution < 1.29 is 17.9 Å². The van der Waals surface area contributed by atoms with Crippen LogP contribution in [0.5, 0.6) is 11.5 Å². The molecule has 1 heterocycles. The lowest BCUT2D eigenvalue weighted by Crippen LogP contribution is -1.98. The molecule has 0 bridgehead atoms. The maximum atomic E-state index is 11.0. The van der Waals surface area contributed by atoms with Gasteiger partial charge in [-0.05, 0) is 24.3 Å². The Hall–Kier alpha value is -1.82. The monoisotopic (exact) mass is 253 g/mol. The second kappa shape index (κ2) is 4.58. The lowest BCUT2D eigenvalue weighted by atomic mass is 10.3. The van der Waals surface area contributed by atoms with Gasteiger partial charge in [-0.3, -0.25) is 0 Å². The number of benzene rings is 1. The van der Waals surface area contributed by atoms with Gasteiger partial charge in [-0.1, -0.05) is 0 Å². The van der Waals surface area contributed by atoms with Crippen LogP contribution in [0.1, 0.15) is 0 Å². The summed E-state index contributed by atoms with van der Waals surface area (Å²) in [6, 6.07) is 7.01. The molecule has 0 amide bonds. The van der Waals surface area contributed by atoms with Gasteiger partial charge in [0.05, 0.1) is 18.2 Å². The van der Waals surface area contributed by atoms with Crippen molar-refractivity contribution in [1.29, 1.82) is 0 Å². The molecule has 0 saturated carbocycles. The number of hydrogen-bond donors (Lipinski definition) is 0. The van der Waals surface area contributed by atoms with Crippen LogP contribution in [0.3, 0.4) is 0 Å². The molecule has 0 atom stereocenters. The van der Waals surface area contributed by atoms with Gasteiger partial charge in [-0.2, -0.15) is 0 Å². The molecule has 17 heavy (non-hydrogen) atoms. The minimum atomic E-state index is -3.26. The highest BCUT2D eigenvalue weighted by molar-refractivity contribution is 8.07. The summed E-state index contributed by atoms with van der Waals surface area (Å²) in [6.45, 7) is 0.127. The van der Waals surface area contributed by atoms with E-state index in [0.29, 0.717) is 11.4 Å². The average molecular weight is 253 g/mol. The number of sulfone groups is 1. The van der Waals surface area contributed by atoms with Crippen molar-refractivity contribution in [2.75, 3.05) is 13.7 Å². The molecule has 2 rings (SSSR count). The molecular weight excluding hydrogens is 242 g/mol. The molecule has 1 aromatic rings. The van der Waals surface area contributed by atoms with Crippen molar-refractivity contribution in [1.82, 2.24) is 0 Å². The minimum absolute atomic E-state index is 0.127. The summed E-state index contributed by atoms with van der Waals surface area (Å²) in [7, 11) is -1.68. The lowest BCUT2D eigenvalue weighted by Gasteiger charge is -2.05. The molecule has 0 saturated heterocycles. The van der Waals surface area contributed by atoms with Gasteiger partial charge in [-0.25, -0.2) is 13.4 Å². The predicted octanol–water partition coefficient (Wildman–Crippen LogP) is 1.37. The van der Waals surface area contributed by atoms with Crippen molar-refractivity contribution in [2.45, 2.75) is 0 Å². The van der Waals surface area contributed by atoms with Gasteiger partial charge in [-0.15, -0.1) is 0 Å². The third kappa shape index (κ3) is 3.07. The molecule has 0 aromatic heterocycles. The first-order valence-electron chi connectivity index (χ1n) is 4.86. The van der Waals surface area contributed by atoms with E-state index in [2.05, 4.69) is 4.99 Å². The van der Waals surface area contributed by atoms with Crippen molar-refractivity contribution in [3.05, 3.63) is 35.4 Å². The van der Waals surface area contributed by atoms with E-state index in [1.165, 1.54) is 0 Å². The van der Waals surface area contributed by atoms with Gasteiger partial charge < -0.3 is 9.47 Å².